The Balaban J connectivity index is 1.79. The number of carbonyl (C=O) groups excluding carboxylic acids is 3. The van der Waals surface area contributed by atoms with E-state index in [0.29, 0.717) is 18.8 Å². The Morgan fingerprint density at radius 2 is 2.07 bits per heavy atom. The molecule has 27 heavy (non-hydrogen) atoms. The van der Waals surface area contributed by atoms with Crippen molar-refractivity contribution in [2.75, 3.05) is 19.7 Å². The van der Waals surface area contributed by atoms with Crippen molar-refractivity contribution in [3.8, 4) is 5.75 Å². The highest BCUT2D eigenvalue weighted by molar-refractivity contribution is 5.81. The van der Waals surface area contributed by atoms with Gasteiger partial charge >= 0.3 is 5.97 Å². The Labute approximate surface area is 160 Å². The van der Waals surface area contributed by atoms with Crippen LogP contribution in [0.4, 0.5) is 0 Å². The molecule has 1 aliphatic heterocycles. The van der Waals surface area contributed by atoms with Gasteiger partial charge in [0.15, 0.2) is 6.61 Å². The number of benzene rings is 1. The van der Waals surface area contributed by atoms with E-state index in [1.807, 2.05) is 32.0 Å². The number of ether oxygens (including phenoxy) is 2. The van der Waals surface area contributed by atoms with E-state index in [0.717, 1.165) is 18.4 Å². The second kappa shape index (κ2) is 9.94. The number of nitrogens with one attached hydrogen (secondary N) is 1. The molecule has 1 atom stereocenters. The molecule has 0 aliphatic carbocycles. The molecule has 7 nitrogen and oxygen atoms in total. The van der Waals surface area contributed by atoms with Crippen LogP contribution < -0.4 is 10.1 Å². The molecule has 1 aromatic carbocycles. The van der Waals surface area contributed by atoms with Crippen molar-refractivity contribution in [3.05, 3.63) is 29.8 Å². The minimum Gasteiger partial charge on any atom is -0.491 e. The molecule has 0 bridgehead atoms. The van der Waals surface area contributed by atoms with Gasteiger partial charge in [0, 0.05) is 26.1 Å². The van der Waals surface area contributed by atoms with Gasteiger partial charge in [-0.05, 0) is 44.4 Å². The first kappa shape index (κ1) is 20.7. The summed E-state index contributed by atoms with van der Waals surface area (Å²) in [5.41, 5.74) is 0.772. The topological polar surface area (TPSA) is 84.9 Å². The summed E-state index contributed by atoms with van der Waals surface area (Å²) in [5.74, 6) is -0.108. The molecule has 0 radical (unpaired) electrons. The van der Waals surface area contributed by atoms with Crippen LogP contribution in [0.25, 0.3) is 0 Å². The monoisotopic (exact) mass is 376 g/mol. The minimum absolute atomic E-state index is 0.0420. The lowest BCUT2D eigenvalue weighted by Gasteiger charge is -2.32. The molecule has 1 saturated heterocycles. The fraction of sp³-hybridized carbons (Fsp3) is 0.550. The molecule has 0 spiro atoms. The molecule has 0 saturated carbocycles. The maximum atomic E-state index is 12.3. The summed E-state index contributed by atoms with van der Waals surface area (Å²) in [6.07, 6.45) is 1.79. The van der Waals surface area contributed by atoms with Gasteiger partial charge in [0.1, 0.15) is 5.75 Å². The summed E-state index contributed by atoms with van der Waals surface area (Å²) in [5, 5.41) is 2.83. The summed E-state index contributed by atoms with van der Waals surface area (Å²) in [6.45, 7) is 6.11. The number of amides is 2. The van der Waals surface area contributed by atoms with E-state index in [-0.39, 0.29) is 37.0 Å². The van der Waals surface area contributed by atoms with Crippen LogP contribution in [0.3, 0.4) is 0 Å². The number of nitrogens with zero attached hydrogens (tertiary/aromatic N) is 1. The van der Waals surface area contributed by atoms with Gasteiger partial charge in [0.25, 0.3) is 5.91 Å². The number of rotatable bonds is 7. The van der Waals surface area contributed by atoms with E-state index in [4.69, 9.17) is 9.47 Å². The number of piperidine rings is 1. The van der Waals surface area contributed by atoms with Crippen molar-refractivity contribution in [2.24, 2.45) is 0 Å². The highest BCUT2D eigenvalue weighted by atomic mass is 16.5. The maximum Gasteiger partial charge on any atom is 0.310 e. The smallest absolute Gasteiger partial charge is 0.310 e. The number of hydrogen-bond acceptors (Lipinski definition) is 5. The molecule has 1 fully saturated rings. The zero-order chi connectivity index (χ0) is 19.8. The zero-order valence-electron chi connectivity index (χ0n) is 16.2. The van der Waals surface area contributed by atoms with Crippen LogP contribution in [0.5, 0.6) is 5.75 Å². The first-order valence-electron chi connectivity index (χ1n) is 9.29. The quantitative estimate of drug-likeness (QED) is 0.732. The third kappa shape index (κ3) is 7.29. The van der Waals surface area contributed by atoms with Crippen LogP contribution in [-0.2, 0) is 25.5 Å². The molecule has 2 amide bonds. The predicted molar refractivity (Wildman–Crippen MR) is 100 cm³/mol. The second-order valence-electron chi connectivity index (χ2n) is 7.03. The lowest BCUT2D eigenvalue weighted by molar-refractivity contribution is -0.152. The molecule has 2 rings (SSSR count). The van der Waals surface area contributed by atoms with Gasteiger partial charge < -0.3 is 19.7 Å². The summed E-state index contributed by atoms with van der Waals surface area (Å²) in [7, 11) is 0. The van der Waals surface area contributed by atoms with Crippen LogP contribution in [0.1, 0.15) is 39.2 Å². The predicted octanol–water partition coefficient (Wildman–Crippen LogP) is 1.69. The maximum absolute atomic E-state index is 12.3. The van der Waals surface area contributed by atoms with E-state index in [1.165, 1.54) is 6.92 Å². The Kier molecular flexibility index (Phi) is 7.64. The Bertz CT molecular complexity index is 674. The van der Waals surface area contributed by atoms with E-state index in [9.17, 15) is 14.4 Å². The summed E-state index contributed by atoms with van der Waals surface area (Å²) in [4.78, 5) is 37.1. The van der Waals surface area contributed by atoms with Gasteiger partial charge in [0.2, 0.25) is 5.91 Å². The lowest BCUT2D eigenvalue weighted by atomic mass is 10.1. The third-order valence-electron chi connectivity index (χ3n) is 4.16. The zero-order valence-corrected chi connectivity index (χ0v) is 16.2. The first-order valence-corrected chi connectivity index (χ1v) is 9.29. The van der Waals surface area contributed by atoms with Gasteiger partial charge in [-0.1, -0.05) is 12.1 Å². The molecule has 1 unspecified atom stereocenters. The van der Waals surface area contributed by atoms with Gasteiger partial charge in [-0.2, -0.15) is 0 Å². The summed E-state index contributed by atoms with van der Waals surface area (Å²) in [6, 6.07) is 7.23. The number of carbonyl (C=O) groups is 3. The van der Waals surface area contributed by atoms with Crippen LogP contribution in [0, 0.1) is 0 Å². The van der Waals surface area contributed by atoms with Crippen molar-refractivity contribution in [2.45, 2.75) is 52.2 Å². The van der Waals surface area contributed by atoms with Gasteiger partial charge in [-0.3, -0.25) is 14.4 Å². The standard InChI is InChI=1S/C20H28N2O5/c1-14(2)27-18-8-4-6-16(10-18)11-20(25)26-13-19(24)22-9-5-7-17(12-22)21-15(3)23/h4,6,8,10,14,17H,5,7,9,11-13H2,1-3H3,(H,21,23). The fourth-order valence-corrected chi connectivity index (χ4v) is 3.06. The van der Waals surface area contributed by atoms with Gasteiger partial charge in [-0.15, -0.1) is 0 Å². The highest BCUT2D eigenvalue weighted by Crippen LogP contribution is 2.16. The van der Waals surface area contributed by atoms with E-state index >= 15 is 0 Å². The average Bonchev–Trinajstić information content (AvgIpc) is 2.59. The Hall–Kier alpha value is -2.57. The third-order valence-corrected chi connectivity index (χ3v) is 4.16. The Morgan fingerprint density at radius 1 is 1.30 bits per heavy atom. The molecule has 7 heteroatoms. The molecule has 1 heterocycles. The lowest BCUT2D eigenvalue weighted by Crippen LogP contribution is -2.50. The van der Waals surface area contributed by atoms with E-state index in [1.54, 1.807) is 11.0 Å². The van der Waals surface area contributed by atoms with Crippen LogP contribution >= 0.6 is 0 Å². The number of hydrogen-bond donors (Lipinski definition) is 1. The fourth-order valence-electron chi connectivity index (χ4n) is 3.06. The van der Waals surface area contributed by atoms with E-state index in [2.05, 4.69) is 5.32 Å². The van der Waals surface area contributed by atoms with Crippen LogP contribution in [0.2, 0.25) is 0 Å². The Morgan fingerprint density at radius 3 is 2.78 bits per heavy atom. The van der Waals surface area contributed by atoms with E-state index < -0.39 is 5.97 Å². The molecule has 1 N–H and O–H groups in total. The normalized spacial score (nSPS) is 16.7. The number of likely N-dealkylation sites (tertiary alicyclic amines) is 1. The molecular weight excluding hydrogens is 348 g/mol. The summed E-state index contributed by atoms with van der Waals surface area (Å²) < 4.78 is 10.7. The highest BCUT2D eigenvalue weighted by Gasteiger charge is 2.24. The largest absolute Gasteiger partial charge is 0.491 e. The molecule has 1 aliphatic rings. The first-order chi connectivity index (χ1) is 12.8. The van der Waals surface area contributed by atoms with Crippen LogP contribution in [0.15, 0.2) is 24.3 Å². The minimum atomic E-state index is -0.458. The van der Waals surface area contributed by atoms with Gasteiger partial charge in [-0.25, -0.2) is 0 Å². The summed E-state index contributed by atoms with van der Waals surface area (Å²) >= 11 is 0. The molecular formula is C20H28N2O5. The number of esters is 1. The molecule has 0 aromatic heterocycles. The van der Waals surface area contributed by atoms with Crippen molar-refractivity contribution >= 4 is 17.8 Å². The molecule has 148 valence electrons. The average molecular weight is 376 g/mol. The van der Waals surface area contributed by atoms with Crippen LogP contribution in [-0.4, -0.2) is 54.5 Å². The van der Waals surface area contributed by atoms with Crippen molar-refractivity contribution < 1.29 is 23.9 Å². The van der Waals surface area contributed by atoms with Crippen molar-refractivity contribution in [1.29, 1.82) is 0 Å². The molecule has 1 aromatic rings. The van der Waals surface area contributed by atoms with Gasteiger partial charge in [0.05, 0.1) is 12.5 Å². The second-order valence-corrected chi connectivity index (χ2v) is 7.03. The van der Waals surface area contributed by atoms with Crippen molar-refractivity contribution in [3.63, 3.8) is 0 Å². The van der Waals surface area contributed by atoms with Crippen molar-refractivity contribution in [1.82, 2.24) is 10.2 Å². The SMILES string of the molecule is CC(=O)NC1CCCN(C(=O)COC(=O)Cc2cccc(OC(C)C)c2)C1.